The summed E-state index contributed by atoms with van der Waals surface area (Å²) >= 11 is 6.14. The van der Waals surface area contributed by atoms with Gasteiger partial charge in [-0.15, -0.1) is 5.06 Å². The second kappa shape index (κ2) is 13.0. The number of carbonyl (C=O) groups excluding carboxylic acids is 2. The third kappa shape index (κ3) is 7.49. The monoisotopic (exact) mass is 531 g/mol. The van der Waals surface area contributed by atoms with Gasteiger partial charge in [0.2, 0.25) is 0 Å². The fraction of sp³-hybridized carbons (Fsp3) is 0.241. The SMILES string of the molecule is NC(=O)ON(Cc1ccc(C#CCN2CCN([C@@H](c3ccccc3)c3ccc(Cl)cc3)CC2)cc1)C(N)=O. The quantitative estimate of drug-likeness (QED) is 0.369. The van der Waals surface area contributed by atoms with Crippen LogP contribution in [0, 0.1) is 11.8 Å². The van der Waals surface area contributed by atoms with Crippen molar-refractivity contribution in [2.75, 3.05) is 32.7 Å². The first-order valence-corrected chi connectivity index (χ1v) is 12.7. The number of piperazine rings is 1. The predicted octanol–water partition coefficient (Wildman–Crippen LogP) is 3.99. The summed E-state index contributed by atoms with van der Waals surface area (Å²) in [6, 6.07) is 25.2. The van der Waals surface area contributed by atoms with Crippen molar-refractivity contribution in [1.82, 2.24) is 14.9 Å². The van der Waals surface area contributed by atoms with Crippen molar-refractivity contribution in [3.63, 3.8) is 0 Å². The van der Waals surface area contributed by atoms with E-state index in [1.165, 1.54) is 11.1 Å². The van der Waals surface area contributed by atoms with Gasteiger partial charge in [0, 0.05) is 36.8 Å². The molecule has 0 saturated carbocycles. The van der Waals surface area contributed by atoms with Gasteiger partial charge in [0.15, 0.2) is 0 Å². The molecule has 0 aromatic heterocycles. The Balaban J connectivity index is 1.32. The smallest absolute Gasteiger partial charge is 0.349 e. The Morgan fingerprint density at radius 1 is 0.895 bits per heavy atom. The molecule has 1 fully saturated rings. The number of hydrogen-bond acceptors (Lipinski definition) is 5. The first-order chi connectivity index (χ1) is 18.4. The van der Waals surface area contributed by atoms with Gasteiger partial charge < -0.3 is 16.3 Å². The molecule has 0 unspecified atom stereocenters. The molecular formula is C29H30ClN5O3. The summed E-state index contributed by atoms with van der Waals surface area (Å²) < 4.78 is 0. The number of urea groups is 1. The molecule has 1 saturated heterocycles. The molecule has 8 nitrogen and oxygen atoms in total. The zero-order chi connectivity index (χ0) is 26.9. The van der Waals surface area contributed by atoms with Crippen LogP contribution in [0.2, 0.25) is 5.02 Å². The standard InChI is InChI=1S/C29H30ClN5O3/c30-26-14-12-25(13-15-26)27(24-6-2-1-3-7-24)34-19-17-33(18-20-34)16-4-5-22-8-10-23(11-9-22)21-35(28(31)36)38-29(32)37/h1-3,6-15,27H,16-21H2,(H2,31,36)(H2,32,37)/t27-/m0/s1. The van der Waals surface area contributed by atoms with E-state index in [0.29, 0.717) is 11.6 Å². The predicted molar refractivity (Wildman–Crippen MR) is 147 cm³/mol. The van der Waals surface area contributed by atoms with Gasteiger partial charge in [-0.2, -0.15) is 0 Å². The van der Waals surface area contributed by atoms with Crippen molar-refractivity contribution in [1.29, 1.82) is 0 Å². The lowest BCUT2D eigenvalue weighted by Gasteiger charge is -2.39. The summed E-state index contributed by atoms with van der Waals surface area (Å²) in [5.41, 5.74) is 14.2. The molecule has 0 radical (unpaired) electrons. The number of halogens is 1. The van der Waals surface area contributed by atoms with Gasteiger partial charge in [0.25, 0.3) is 0 Å². The van der Waals surface area contributed by atoms with Gasteiger partial charge in [-0.1, -0.05) is 78.0 Å². The van der Waals surface area contributed by atoms with Gasteiger partial charge >= 0.3 is 12.1 Å². The molecule has 3 aromatic rings. The number of carbonyl (C=O) groups is 2. The van der Waals surface area contributed by atoms with Crippen LogP contribution >= 0.6 is 11.6 Å². The van der Waals surface area contributed by atoms with Crippen LogP contribution in [-0.4, -0.2) is 59.7 Å². The average molecular weight is 532 g/mol. The number of hydrogen-bond donors (Lipinski definition) is 2. The molecule has 1 aliphatic heterocycles. The molecule has 196 valence electrons. The molecular weight excluding hydrogens is 502 g/mol. The number of nitrogens with zero attached hydrogens (tertiary/aromatic N) is 3. The number of hydroxylamine groups is 2. The van der Waals surface area contributed by atoms with Crippen LogP contribution in [0.4, 0.5) is 9.59 Å². The molecule has 4 N–H and O–H groups in total. The lowest BCUT2D eigenvalue weighted by molar-refractivity contribution is -0.0575. The van der Waals surface area contributed by atoms with E-state index < -0.39 is 12.1 Å². The molecule has 38 heavy (non-hydrogen) atoms. The first-order valence-electron chi connectivity index (χ1n) is 12.3. The van der Waals surface area contributed by atoms with E-state index in [-0.39, 0.29) is 12.6 Å². The molecule has 3 amide bonds. The zero-order valence-electron chi connectivity index (χ0n) is 20.9. The topological polar surface area (TPSA) is 105 Å². The molecule has 3 aromatic carbocycles. The molecule has 4 rings (SSSR count). The van der Waals surface area contributed by atoms with Gasteiger partial charge in [-0.3, -0.25) is 9.80 Å². The Hall–Kier alpha value is -4.03. The van der Waals surface area contributed by atoms with Gasteiger partial charge in [-0.25, -0.2) is 9.59 Å². The van der Waals surface area contributed by atoms with Crippen molar-refractivity contribution in [3.05, 3.63) is 106 Å². The molecule has 1 heterocycles. The maximum atomic E-state index is 11.4. The lowest BCUT2D eigenvalue weighted by Crippen LogP contribution is -2.47. The summed E-state index contributed by atoms with van der Waals surface area (Å²) in [4.78, 5) is 31.8. The Morgan fingerprint density at radius 3 is 2.13 bits per heavy atom. The van der Waals surface area contributed by atoms with Crippen molar-refractivity contribution >= 4 is 23.7 Å². The summed E-state index contributed by atoms with van der Waals surface area (Å²) in [5, 5.41) is 1.45. The largest absolute Gasteiger partial charge is 0.429 e. The minimum atomic E-state index is -1.10. The van der Waals surface area contributed by atoms with Crippen LogP contribution < -0.4 is 11.5 Å². The first kappa shape index (κ1) is 27.0. The third-order valence-corrected chi connectivity index (χ3v) is 6.59. The molecule has 1 atom stereocenters. The summed E-state index contributed by atoms with van der Waals surface area (Å²) in [6.07, 6.45) is -1.10. The lowest BCUT2D eigenvalue weighted by atomic mass is 9.96. The van der Waals surface area contributed by atoms with Crippen LogP contribution in [-0.2, 0) is 11.4 Å². The molecule has 1 aliphatic rings. The van der Waals surface area contributed by atoms with Crippen molar-refractivity contribution in [3.8, 4) is 11.8 Å². The molecule has 0 aliphatic carbocycles. The number of nitrogens with two attached hydrogens (primary N) is 2. The number of rotatable bonds is 6. The zero-order valence-corrected chi connectivity index (χ0v) is 21.7. The Labute approximate surface area is 227 Å². The maximum Gasteiger partial charge on any atom is 0.429 e. The van der Waals surface area contributed by atoms with Crippen LogP contribution in [0.1, 0.15) is 28.3 Å². The highest BCUT2D eigenvalue weighted by Gasteiger charge is 2.26. The van der Waals surface area contributed by atoms with Crippen LogP contribution in [0.15, 0.2) is 78.9 Å². The van der Waals surface area contributed by atoms with Gasteiger partial charge in [0.1, 0.15) is 0 Å². The van der Waals surface area contributed by atoms with E-state index in [0.717, 1.165) is 42.3 Å². The van der Waals surface area contributed by atoms with Gasteiger partial charge in [0.05, 0.1) is 19.1 Å². The van der Waals surface area contributed by atoms with Crippen molar-refractivity contribution in [2.45, 2.75) is 12.6 Å². The highest BCUT2D eigenvalue weighted by molar-refractivity contribution is 6.30. The Morgan fingerprint density at radius 2 is 1.53 bits per heavy atom. The van der Waals surface area contributed by atoms with Gasteiger partial charge in [-0.05, 0) is 41.0 Å². The fourth-order valence-corrected chi connectivity index (χ4v) is 4.58. The minimum Gasteiger partial charge on any atom is -0.349 e. The van der Waals surface area contributed by atoms with E-state index in [1.54, 1.807) is 12.1 Å². The Kier molecular flexibility index (Phi) is 9.22. The number of amides is 3. The van der Waals surface area contributed by atoms with E-state index in [9.17, 15) is 9.59 Å². The fourth-order valence-electron chi connectivity index (χ4n) is 4.45. The summed E-state index contributed by atoms with van der Waals surface area (Å²) in [6.45, 7) is 4.38. The summed E-state index contributed by atoms with van der Waals surface area (Å²) in [5.74, 6) is 6.45. The van der Waals surface area contributed by atoms with E-state index in [4.69, 9.17) is 23.1 Å². The molecule has 9 heteroatoms. The Bertz CT molecular complexity index is 1280. The van der Waals surface area contributed by atoms with Crippen LogP contribution in [0.3, 0.4) is 0 Å². The second-order valence-electron chi connectivity index (χ2n) is 8.96. The second-order valence-corrected chi connectivity index (χ2v) is 9.40. The molecule has 0 spiro atoms. The van der Waals surface area contributed by atoms with Crippen molar-refractivity contribution < 1.29 is 14.4 Å². The van der Waals surface area contributed by atoms with Crippen molar-refractivity contribution in [2.24, 2.45) is 11.5 Å². The molecule has 0 bridgehead atoms. The average Bonchev–Trinajstić information content (AvgIpc) is 2.92. The van der Waals surface area contributed by atoms with E-state index >= 15 is 0 Å². The number of primary amides is 2. The van der Waals surface area contributed by atoms with Crippen LogP contribution in [0.5, 0.6) is 0 Å². The van der Waals surface area contributed by atoms with E-state index in [2.05, 4.69) is 62.9 Å². The third-order valence-electron chi connectivity index (χ3n) is 6.33. The van der Waals surface area contributed by atoms with Crippen LogP contribution in [0.25, 0.3) is 0 Å². The highest BCUT2D eigenvalue weighted by Crippen LogP contribution is 2.30. The minimum absolute atomic E-state index is 0.00371. The normalized spacial score (nSPS) is 14.7. The maximum absolute atomic E-state index is 11.4. The number of benzene rings is 3. The summed E-state index contributed by atoms with van der Waals surface area (Å²) in [7, 11) is 0. The van der Waals surface area contributed by atoms with E-state index in [1.807, 2.05) is 30.3 Å². The highest BCUT2D eigenvalue weighted by atomic mass is 35.5.